The quantitative estimate of drug-likeness (QED) is 0.691. The second-order valence-corrected chi connectivity index (χ2v) is 4.19. The molecule has 0 bridgehead atoms. The summed E-state index contributed by atoms with van der Waals surface area (Å²) < 4.78 is 0. The van der Waals surface area contributed by atoms with Gasteiger partial charge in [-0.1, -0.05) is 13.8 Å². The summed E-state index contributed by atoms with van der Waals surface area (Å²) in [6.07, 6.45) is 1.89. The summed E-state index contributed by atoms with van der Waals surface area (Å²) in [4.78, 5) is 14.6. The molecule has 74 valence electrons. The Kier molecular flexibility index (Phi) is 2.59. The Morgan fingerprint density at radius 1 is 1.62 bits per heavy atom. The van der Waals surface area contributed by atoms with E-state index in [-0.39, 0.29) is 6.03 Å². The average molecular weight is 183 g/mol. The number of nitrogens with two attached hydrogens (primary N) is 1. The third kappa shape index (κ3) is 2.20. The highest BCUT2D eigenvalue weighted by molar-refractivity contribution is 6.05. The van der Waals surface area contributed by atoms with Crippen LogP contribution in [0.3, 0.4) is 0 Å². The van der Waals surface area contributed by atoms with Crippen molar-refractivity contribution < 1.29 is 4.79 Å². The number of aliphatic imine (C=N–C) groups is 1. The average Bonchev–Trinajstić information content (AvgIpc) is 2.23. The number of amides is 2. The predicted molar refractivity (Wildman–Crippen MR) is 52.6 cm³/mol. The van der Waals surface area contributed by atoms with Gasteiger partial charge in [0, 0.05) is 0 Å². The Bertz CT molecular complexity index is 247. The van der Waals surface area contributed by atoms with Gasteiger partial charge < -0.3 is 11.1 Å². The number of hydrogen-bond donors (Lipinski definition) is 2. The number of carbonyl (C=O) groups excluding carboxylic acids is 1. The van der Waals surface area contributed by atoms with Crippen LogP contribution in [0, 0.1) is 5.92 Å². The molecule has 4 heteroatoms. The second kappa shape index (κ2) is 3.36. The van der Waals surface area contributed by atoms with E-state index in [1.54, 1.807) is 0 Å². The fourth-order valence-electron chi connectivity index (χ4n) is 1.33. The van der Waals surface area contributed by atoms with Crippen molar-refractivity contribution in [2.24, 2.45) is 16.6 Å². The highest BCUT2D eigenvalue weighted by Crippen LogP contribution is 2.20. The molecule has 0 fully saturated rings. The van der Waals surface area contributed by atoms with Gasteiger partial charge in [-0.25, -0.2) is 4.79 Å². The monoisotopic (exact) mass is 183 g/mol. The van der Waals surface area contributed by atoms with E-state index in [1.807, 2.05) is 6.92 Å². The molecule has 0 aromatic heterocycles. The van der Waals surface area contributed by atoms with Crippen LogP contribution in [0.5, 0.6) is 0 Å². The molecule has 13 heavy (non-hydrogen) atoms. The van der Waals surface area contributed by atoms with Gasteiger partial charge in [0.25, 0.3) is 0 Å². The maximum atomic E-state index is 10.9. The van der Waals surface area contributed by atoms with Crippen LogP contribution < -0.4 is 11.1 Å². The van der Waals surface area contributed by atoms with Crippen LogP contribution in [-0.4, -0.2) is 17.4 Å². The number of amidine groups is 1. The molecule has 1 unspecified atom stereocenters. The van der Waals surface area contributed by atoms with Gasteiger partial charge in [-0.15, -0.1) is 0 Å². The number of nitrogens with one attached hydrogen (secondary N) is 1. The van der Waals surface area contributed by atoms with Crippen LogP contribution in [0.25, 0.3) is 0 Å². The molecular formula is C9H17N3O. The third-order valence-electron chi connectivity index (χ3n) is 2.39. The maximum absolute atomic E-state index is 10.9. The predicted octanol–water partition coefficient (Wildman–Crippen LogP) is 1.26. The molecule has 1 heterocycles. The van der Waals surface area contributed by atoms with Gasteiger partial charge >= 0.3 is 6.03 Å². The lowest BCUT2D eigenvalue weighted by molar-refractivity contribution is 0.245. The molecule has 3 N–H and O–H groups in total. The van der Waals surface area contributed by atoms with Gasteiger partial charge in [0.1, 0.15) is 5.84 Å². The van der Waals surface area contributed by atoms with E-state index in [2.05, 4.69) is 24.2 Å². The Labute approximate surface area is 78.6 Å². The molecule has 0 aromatic rings. The van der Waals surface area contributed by atoms with E-state index < -0.39 is 5.54 Å². The molecule has 1 aliphatic heterocycles. The lowest BCUT2D eigenvalue weighted by atomic mass is 9.92. The Morgan fingerprint density at radius 2 is 2.23 bits per heavy atom. The van der Waals surface area contributed by atoms with Gasteiger partial charge in [-0.2, -0.15) is 4.99 Å². The van der Waals surface area contributed by atoms with Crippen molar-refractivity contribution in [3.8, 4) is 0 Å². The Balaban J connectivity index is 2.58. The molecule has 0 spiro atoms. The van der Waals surface area contributed by atoms with Crippen LogP contribution in [0.15, 0.2) is 4.99 Å². The molecule has 1 aliphatic rings. The van der Waals surface area contributed by atoms with Gasteiger partial charge in [0.15, 0.2) is 0 Å². The zero-order chi connectivity index (χ0) is 10.1. The minimum atomic E-state index is -0.415. The van der Waals surface area contributed by atoms with E-state index in [1.165, 1.54) is 0 Å². The minimum absolute atomic E-state index is 0.316. The van der Waals surface area contributed by atoms with Crippen LogP contribution >= 0.6 is 0 Å². The van der Waals surface area contributed by atoms with Crippen LogP contribution in [0.4, 0.5) is 4.79 Å². The van der Waals surface area contributed by atoms with E-state index in [0.717, 1.165) is 12.8 Å². The highest BCUT2D eigenvalue weighted by atomic mass is 16.2. The first-order valence-electron chi connectivity index (χ1n) is 4.61. The van der Waals surface area contributed by atoms with Gasteiger partial charge in [0.05, 0.1) is 5.54 Å². The van der Waals surface area contributed by atoms with Crippen molar-refractivity contribution in [1.29, 1.82) is 0 Å². The third-order valence-corrected chi connectivity index (χ3v) is 2.39. The van der Waals surface area contributed by atoms with Gasteiger partial charge in [0.2, 0.25) is 0 Å². The largest absolute Gasteiger partial charge is 0.385 e. The van der Waals surface area contributed by atoms with Crippen LogP contribution in [0.1, 0.15) is 33.6 Å². The smallest absolute Gasteiger partial charge is 0.343 e. The minimum Gasteiger partial charge on any atom is -0.385 e. The zero-order valence-corrected chi connectivity index (χ0v) is 8.42. The molecular weight excluding hydrogens is 166 g/mol. The molecule has 0 aromatic carbocycles. The molecule has 4 nitrogen and oxygen atoms in total. The van der Waals surface area contributed by atoms with Crippen molar-refractivity contribution in [2.45, 2.75) is 39.2 Å². The summed E-state index contributed by atoms with van der Waals surface area (Å²) in [5, 5.41) is 2.77. The van der Waals surface area contributed by atoms with Crippen molar-refractivity contribution in [3.63, 3.8) is 0 Å². The number of nitrogens with zero attached hydrogens (tertiary/aromatic N) is 1. The van der Waals surface area contributed by atoms with Crippen molar-refractivity contribution >= 4 is 11.9 Å². The fourth-order valence-corrected chi connectivity index (χ4v) is 1.33. The van der Waals surface area contributed by atoms with Crippen LogP contribution in [0.2, 0.25) is 0 Å². The normalized spacial score (nSPS) is 27.7. The Morgan fingerprint density at radius 3 is 2.62 bits per heavy atom. The standard InChI is InChI=1S/C9H17N3O/c1-6(2)4-5-9(3)7(10)11-8(13)12-9/h6H,4-5H2,1-3H3,(H3,10,11,12,13). The number of hydrogen-bond acceptors (Lipinski definition) is 2. The van der Waals surface area contributed by atoms with Gasteiger partial charge in [-0.3, -0.25) is 0 Å². The maximum Gasteiger partial charge on any atom is 0.343 e. The first-order valence-corrected chi connectivity index (χ1v) is 4.61. The molecule has 0 saturated carbocycles. The first kappa shape index (κ1) is 10.0. The summed E-state index contributed by atoms with van der Waals surface area (Å²) >= 11 is 0. The second-order valence-electron chi connectivity index (χ2n) is 4.19. The topological polar surface area (TPSA) is 67.5 Å². The first-order chi connectivity index (χ1) is 5.94. The highest BCUT2D eigenvalue weighted by Gasteiger charge is 2.35. The molecule has 0 aliphatic carbocycles. The Hall–Kier alpha value is -1.06. The van der Waals surface area contributed by atoms with E-state index in [0.29, 0.717) is 11.8 Å². The van der Waals surface area contributed by atoms with Crippen molar-refractivity contribution in [3.05, 3.63) is 0 Å². The van der Waals surface area contributed by atoms with E-state index in [4.69, 9.17) is 5.73 Å². The van der Waals surface area contributed by atoms with E-state index in [9.17, 15) is 4.79 Å². The summed E-state index contributed by atoms with van der Waals surface area (Å²) in [5.74, 6) is 1.03. The summed E-state index contributed by atoms with van der Waals surface area (Å²) in [6.45, 7) is 6.21. The van der Waals surface area contributed by atoms with Crippen molar-refractivity contribution in [2.75, 3.05) is 0 Å². The molecule has 2 amide bonds. The lowest BCUT2D eigenvalue weighted by Crippen LogP contribution is -2.49. The molecule has 1 rings (SSSR count). The number of carbonyl (C=O) groups is 1. The summed E-state index contributed by atoms with van der Waals surface area (Å²) in [6, 6.07) is -0.316. The van der Waals surface area contributed by atoms with Crippen molar-refractivity contribution in [1.82, 2.24) is 5.32 Å². The summed E-state index contributed by atoms with van der Waals surface area (Å²) in [7, 11) is 0. The summed E-state index contributed by atoms with van der Waals surface area (Å²) in [5.41, 5.74) is 5.24. The fraction of sp³-hybridized carbons (Fsp3) is 0.778. The molecule has 0 radical (unpaired) electrons. The lowest BCUT2D eigenvalue weighted by Gasteiger charge is -2.24. The van der Waals surface area contributed by atoms with E-state index >= 15 is 0 Å². The zero-order valence-electron chi connectivity index (χ0n) is 8.42. The number of urea groups is 1. The van der Waals surface area contributed by atoms with Crippen LogP contribution in [-0.2, 0) is 0 Å². The van der Waals surface area contributed by atoms with Gasteiger partial charge in [-0.05, 0) is 25.7 Å². The molecule has 0 saturated heterocycles. The number of rotatable bonds is 3. The SMILES string of the molecule is CC(C)CCC1(C)NC(=O)N=C1N. The molecule has 1 atom stereocenters.